The Morgan fingerprint density at radius 1 is 1.06 bits per heavy atom. The van der Waals surface area contributed by atoms with E-state index in [0.717, 1.165) is 22.9 Å². The SMILES string of the molecule is C=C/C=C\C(=C/C)N1C(=O)/C(=C/c2cc(Br)c(OCC(=O)O)c(OCC)c2)C(=O)N=C1SCC(=O)NC(c1ccccc1)c1ccccc1. The number of ether oxygens (including phenoxy) is 2. The molecule has 10 nitrogen and oxygen atoms in total. The third-order valence-electron chi connectivity index (χ3n) is 6.90. The van der Waals surface area contributed by atoms with Gasteiger partial charge in [0.15, 0.2) is 23.3 Å². The summed E-state index contributed by atoms with van der Waals surface area (Å²) in [5.41, 5.74) is 2.37. The van der Waals surface area contributed by atoms with Crippen molar-refractivity contribution in [1.29, 1.82) is 0 Å². The first-order chi connectivity index (χ1) is 23.7. The average molecular weight is 745 g/mol. The van der Waals surface area contributed by atoms with Crippen LogP contribution in [0.1, 0.15) is 36.6 Å². The number of aliphatic imine (C=N–C) groups is 1. The third kappa shape index (κ3) is 9.68. The molecule has 252 valence electrons. The second-order valence-electron chi connectivity index (χ2n) is 10.3. The number of thioether (sulfide) groups is 1. The van der Waals surface area contributed by atoms with Crippen molar-refractivity contribution in [2.24, 2.45) is 4.99 Å². The number of halogens is 1. The molecule has 12 heteroatoms. The van der Waals surface area contributed by atoms with Crippen LogP contribution in [-0.4, -0.2) is 57.8 Å². The fourth-order valence-electron chi connectivity index (χ4n) is 4.77. The van der Waals surface area contributed by atoms with Crippen molar-refractivity contribution in [1.82, 2.24) is 10.2 Å². The van der Waals surface area contributed by atoms with E-state index >= 15 is 0 Å². The lowest BCUT2D eigenvalue weighted by atomic mass is 9.99. The van der Waals surface area contributed by atoms with E-state index in [1.165, 1.54) is 17.0 Å². The molecule has 1 aliphatic rings. The normalized spacial score (nSPS) is 14.3. The van der Waals surface area contributed by atoms with E-state index in [0.29, 0.717) is 15.7 Å². The molecule has 0 unspecified atom stereocenters. The molecule has 0 spiro atoms. The molecular weight excluding hydrogens is 710 g/mol. The van der Waals surface area contributed by atoms with Gasteiger partial charge in [0.05, 0.1) is 22.9 Å². The molecule has 2 N–H and O–H groups in total. The minimum atomic E-state index is -1.17. The summed E-state index contributed by atoms with van der Waals surface area (Å²) in [4.78, 5) is 57.5. The second-order valence-corrected chi connectivity index (χ2v) is 12.1. The van der Waals surface area contributed by atoms with Crippen LogP contribution >= 0.6 is 27.7 Å². The molecular formula is C37H34BrN3O7S. The molecule has 3 aromatic rings. The van der Waals surface area contributed by atoms with Crippen molar-refractivity contribution >= 4 is 62.6 Å². The summed E-state index contributed by atoms with van der Waals surface area (Å²) in [6.45, 7) is 6.83. The van der Waals surface area contributed by atoms with Crippen molar-refractivity contribution in [3.05, 3.63) is 136 Å². The number of nitrogens with zero attached hydrogens (tertiary/aromatic N) is 2. The van der Waals surface area contributed by atoms with Crippen molar-refractivity contribution < 1.29 is 33.8 Å². The molecule has 0 aliphatic carbocycles. The minimum Gasteiger partial charge on any atom is -0.490 e. The largest absolute Gasteiger partial charge is 0.490 e. The molecule has 3 amide bonds. The Balaban J connectivity index is 1.65. The fraction of sp³-hybridized carbons (Fsp3) is 0.162. The minimum absolute atomic E-state index is 0.0358. The monoisotopic (exact) mass is 743 g/mol. The van der Waals surface area contributed by atoms with Crippen LogP contribution in [0.15, 0.2) is 124 Å². The number of nitrogens with one attached hydrogen (secondary N) is 1. The highest BCUT2D eigenvalue weighted by atomic mass is 79.9. The summed E-state index contributed by atoms with van der Waals surface area (Å²) in [6, 6.07) is 21.8. The maximum atomic E-state index is 14.1. The maximum absolute atomic E-state index is 14.1. The molecule has 1 heterocycles. The maximum Gasteiger partial charge on any atom is 0.341 e. The smallest absolute Gasteiger partial charge is 0.341 e. The molecule has 49 heavy (non-hydrogen) atoms. The zero-order valence-electron chi connectivity index (χ0n) is 26.8. The van der Waals surface area contributed by atoms with Gasteiger partial charge in [0, 0.05) is 5.70 Å². The number of aliphatic carboxylic acids is 1. The highest BCUT2D eigenvalue weighted by Crippen LogP contribution is 2.38. The number of benzene rings is 3. The summed E-state index contributed by atoms with van der Waals surface area (Å²) < 4.78 is 11.4. The van der Waals surface area contributed by atoms with Gasteiger partial charge in [0.1, 0.15) is 5.57 Å². The molecule has 0 aromatic heterocycles. The van der Waals surface area contributed by atoms with Crippen LogP contribution in [0.25, 0.3) is 6.08 Å². The third-order valence-corrected chi connectivity index (χ3v) is 8.42. The van der Waals surface area contributed by atoms with Crippen LogP contribution in [-0.2, 0) is 19.2 Å². The van der Waals surface area contributed by atoms with Crippen LogP contribution < -0.4 is 14.8 Å². The highest BCUT2D eigenvalue weighted by Gasteiger charge is 2.35. The zero-order valence-corrected chi connectivity index (χ0v) is 29.2. The van der Waals surface area contributed by atoms with Gasteiger partial charge in [-0.15, -0.1) is 0 Å². The first-order valence-electron chi connectivity index (χ1n) is 15.1. The van der Waals surface area contributed by atoms with Crippen LogP contribution in [0, 0.1) is 0 Å². The number of hydrogen-bond donors (Lipinski definition) is 2. The highest BCUT2D eigenvalue weighted by molar-refractivity contribution is 9.10. The van der Waals surface area contributed by atoms with E-state index in [9.17, 15) is 19.2 Å². The summed E-state index contributed by atoms with van der Waals surface area (Å²) in [5.74, 6) is -2.69. The van der Waals surface area contributed by atoms with Crippen LogP contribution in [0.2, 0.25) is 0 Å². The molecule has 4 rings (SSSR count). The van der Waals surface area contributed by atoms with E-state index in [1.54, 1.807) is 44.2 Å². The Hall–Kier alpha value is -5.20. The zero-order chi connectivity index (χ0) is 35.3. The lowest BCUT2D eigenvalue weighted by molar-refractivity contribution is -0.139. The Morgan fingerprint density at radius 3 is 2.29 bits per heavy atom. The second kappa shape index (κ2) is 17.8. The molecule has 0 atom stereocenters. The van der Waals surface area contributed by atoms with Gasteiger partial charge in [0.2, 0.25) is 5.91 Å². The summed E-state index contributed by atoms with van der Waals surface area (Å²) in [6.07, 6.45) is 7.89. The van der Waals surface area contributed by atoms with Crippen molar-refractivity contribution in [3.8, 4) is 11.5 Å². The van der Waals surface area contributed by atoms with Crippen LogP contribution in [0.3, 0.4) is 0 Å². The molecule has 1 aliphatic heterocycles. The van der Waals surface area contributed by atoms with Crippen molar-refractivity contribution in [2.45, 2.75) is 19.9 Å². The van der Waals surface area contributed by atoms with Crippen molar-refractivity contribution in [3.63, 3.8) is 0 Å². The standard InChI is InChI=1S/C37H34BrN3O7S/c1-4-7-18-27(5-2)41-36(46)28(19-24-20-29(38)34(48-22-32(43)44)30(21-24)47-6-3)35(45)40-37(41)49-23-31(42)39-33(25-14-10-8-11-15-25)26-16-12-9-13-17-26/h4-5,7-21,33H,1,6,22-23H2,2-3H3,(H,39,42)(H,43,44)/b18-7-,27-5+,28-19+. The van der Waals surface area contributed by atoms with Gasteiger partial charge in [-0.3, -0.25) is 19.3 Å². The number of carboxylic acid groups (broad SMARTS) is 1. The van der Waals surface area contributed by atoms with E-state index < -0.39 is 30.4 Å². The molecule has 3 aromatic carbocycles. The number of carbonyl (C=O) groups excluding carboxylic acids is 3. The summed E-state index contributed by atoms with van der Waals surface area (Å²) in [7, 11) is 0. The predicted octanol–water partition coefficient (Wildman–Crippen LogP) is 6.70. The lowest BCUT2D eigenvalue weighted by Crippen LogP contribution is -2.42. The van der Waals surface area contributed by atoms with Crippen molar-refractivity contribution in [2.75, 3.05) is 19.0 Å². The van der Waals surface area contributed by atoms with E-state index in [1.807, 2.05) is 60.7 Å². The Kier molecular flexibility index (Phi) is 13.3. The van der Waals surface area contributed by atoms with Gasteiger partial charge < -0.3 is 19.9 Å². The molecule has 0 fully saturated rings. The molecule has 0 saturated heterocycles. The number of hydrogen-bond acceptors (Lipinski definition) is 7. The number of rotatable bonds is 14. The number of allylic oxidation sites excluding steroid dienone is 4. The number of carbonyl (C=O) groups is 4. The van der Waals surface area contributed by atoms with Gasteiger partial charge in [-0.25, -0.2) is 4.79 Å². The van der Waals surface area contributed by atoms with E-state index in [2.05, 4.69) is 32.8 Å². The number of amidine groups is 1. The summed E-state index contributed by atoms with van der Waals surface area (Å²) >= 11 is 4.34. The average Bonchev–Trinajstić information content (AvgIpc) is 3.09. The molecule has 0 radical (unpaired) electrons. The Labute approximate surface area is 297 Å². The van der Waals surface area contributed by atoms with Gasteiger partial charge >= 0.3 is 5.97 Å². The Morgan fingerprint density at radius 2 is 1.71 bits per heavy atom. The Bertz CT molecular complexity index is 1800. The first-order valence-corrected chi connectivity index (χ1v) is 16.9. The molecule has 0 bridgehead atoms. The van der Waals surface area contributed by atoms with Gasteiger partial charge in [-0.2, -0.15) is 4.99 Å². The first kappa shape index (κ1) is 36.6. The quantitative estimate of drug-likeness (QED) is 0.106. The lowest BCUT2D eigenvalue weighted by Gasteiger charge is -2.28. The van der Waals surface area contributed by atoms with Gasteiger partial charge in [-0.05, 0) is 70.8 Å². The topological polar surface area (TPSA) is 135 Å². The predicted molar refractivity (Wildman–Crippen MR) is 194 cm³/mol. The van der Waals surface area contributed by atoms with E-state index in [-0.39, 0.29) is 40.5 Å². The van der Waals surface area contributed by atoms with Crippen LogP contribution in [0.5, 0.6) is 11.5 Å². The van der Waals surface area contributed by atoms with Gasteiger partial charge in [-0.1, -0.05) is 97.2 Å². The molecule has 0 saturated carbocycles. The summed E-state index contributed by atoms with van der Waals surface area (Å²) in [5, 5.41) is 12.2. The van der Waals surface area contributed by atoms with E-state index in [4.69, 9.17) is 14.6 Å². The number of carboxylic acids is 1. The number of amides is 3. The fourth-order valence-corrected chi connectivity index (χ4v) is 6.15. The van der Waals surface area contributed by atoms with Crippen LogP contribution in [0.4, 0.5) is 0 Å². The van der Waals surface area contributed by atoms with Gasteiger partial charge in [0.25, 0.3) is 11.8 Å².